The van der Waals surface area contributed by atoms with Crippen LogP contribution in [0.2, 0.25) is 0 Å². The van der Waals surface area contributed by atoms with Crippen molar-refractivity contribution in [1.82, 2.24) is 6.15 Å². The average Bonchev–Trinajstić information content (AvgIpc) is 1.21. The van der Waals surface area contributed by atoms with Crippen LogP contribution in [0.4, 0.5) is 0 Å². The molecule has 5 N–H and O–H groups in total. The molecule has 0 aromatic rings. The zero-order valence-corrected chi connectivity index (χ0v) is 9.15. The molecule has 0 amide bonds. The molecule has 0 aliphatic carbocycles. The monoisotopic (exact) mass is 200 g/mol. The molecular formula is H6KN2O6P. The number of hydrogen-bond acceptors (Lipinski definition) is 5. The van der Waals surface area contributed by atoms with Crippen LogP contribution in [-0.2, 0) is 9.19 Å². The predicted octanol–water partition coefficient (Wildman–Crippen LogP) is -3.43. The summed E-state index contributed by atoms with van der Waals surface area (Å²) in [6, 6.07) is 0. The molecule has 0 aliphatic heterocycles. The fourth-order valence-corrected chi connectivity index (χ4v) is 0.261. The first-order valence-electron chi connectivity index (χ1n) is 1.31. The van der Waals surface area contributed by atoms with Gasteiger partial charge >= 0.3 is 64.3 Å². The molecule has 10 heteroatoms. The van der Waals surface area contributed by atoms with Gasteiger partial charge in [0.2, 0.25) is 0 Å². The first kappa shape index (κ1) is 17.1. The van der Waals surface area contributed by atoms with E-state index in [9.17, 15) is 4.57 Å². The maximum absolute atomic E-state index is 9.47. The Kier molecular flexibility index (Phi) is 11.4. The van der Waals surface area contributed by atoms with Crippen molar-refractivity contribution in [3.63, 3.8) is 0 Å². The van der Waals surface area contributed by atoms with E-state index < -0.39 is 12.9 Å². The molecular weight excluding hydrogens is 194 g/mol. The Morgan fingerprint density at radius 1 is 1.60 bits per heavy atom. The molecule has 0 aliphatic rings. The van der Waals surface area contributed by atoms with Crippen LogP contribution in [0.5, 0.6) is 0 Å². The molecule has 58 valence electrons. The Bertz CT molecular complexity index is 144. The molecule has 0 saturated carbocycles. The van der Waals surface area contributed by atoms with Crippen molar-refractivity contribution in [3.8, 4) is 0 Å². The van der Waals surface area contributed by atoms with Gasteiger partial charge in [0.25, 0.3) is 0 Å². The van der Waals surface area contributed by atoms with Gasteiger partial charge in [0, 0.05) is 0 Å². The maximum Gasteiger partial charge on any atom is 1.00 e. The van der Waals surface area contributed by atoms with Crippen molar-refractivity contribution in [2.45, 2.75) is 0 Å². The standard InChI is InChI=1S/K.H2NO6P.H3N.H/c;2-1(3)7-8(4,5)6;;/h;(H2,4,5,6);1H3;/q+1;;;-1. The van der Waals surface area contributed by atoms with E-state index in [0.717, 1.165) is 0 Å². The van der Waals surface area contributed by atoms with Crippen LogP contribution in [0.15, 0.2) is 0 Å². The average molecular weight is 200 g/mol. The van der Waals surface area contributed by atoms with Gasteiger partial charge in [-0.25, -0.2) is 4.57 Å². The molecule has 10 heavy (non-hydrogen) atoms. The van der Waals surface area contributed by atoms with Crippen molar-refractivity contribution in [2.24, 2.45) is 0 Å². The van der Waals surface area contributed by atoms with Gasteiger partial charge < -0.3 is 17.4 Å². The Morgan fingerprint density at radius 2 is 1.90 bits per heavy atom. The fraction of sp³-hybridized carbons (Fsp3) is 0. The molecule has 0 aromatic heterocycles. The van der Waals surface area contributed by atoms with Crippen LogP contribution < -0.4 is 57.5 Å². The van der Waals surface area contributed by atoms with Gasteiger partial charge in [-0.05, 0) is 0 Å². The van der Waals surface area contributed by atoms with Gasteiger partial charge in [0.1, 0.15) is 0 Å². The van der Waals surface area contributed by atoms with E-state index in [2.05, 4.69) is 4.62 Å². The Labute approximate surface area is 99.8 Å². The third-order valence-electron chi connectivity index (χ3n) is 0.173. The van der Waals surface area contributed by atoms with Crippen molar-refractivity contribution in [3.05, 3.63) is 10.1 Å². The molecule has 0 unspecified atom stereocenters. The molecule has 0 saturated heterocycles. The summed E-state index contributed by atoms with van der Waals surface area (Å²) in [5.74, 6) is 0. The largest absolute Gasteiger partial charge is 1.00 e. The SMILES string of the molecule is N.O=[N+]([O-])OP(=O)(O)O.[H-].[K+]. The van der Waals surface area contributed by atoms with E-state index in [1.807, 2.05) is 0 Å². The normalized spacial score (nSPS) is 8.60. The summed E-state index contributed by atoms with van der Waals surface area (Å²) in [6.45, 7) is 0. The number of nitrogens with zero attached hydrogens (tertiary/aromatic N) is 1. The van der Waals surface area contributed by atoms with Gasteiger partial charge in [-0.2, -0.15) is 4.62 Å². The zero-order valence-electron chi connectivity index (χ0n) is 6.13. The first-order chi connectivity index (χ1) is 3.42. The topological polar surface area (TPSA) is 145 Å². The quantitative estimate of drug-likeness (QED) is 0.182. The first-order valence-corrected chi connectivity index (χ1v) is 2.84. The molecule has 0 rings (SSSR count). The summed E-state index contributed by atoms with van der Waals surface area (Å²) in [5.41, 5.74) is 0. The van der Waals surface area contributed by atoms with Crippen LogP contribution in [0.25, 0.3) is 0 Å². The van der Waals surface area contributed by atoms with Crippen LogP contribution in [0.3, 0.4) is 0 Å². The third-order valence-corrected chi connectivity index (χ3v) is 0.519. The summed E-state index contributed by atoms with van der Waals surface area (Å²) in [5, 5.41) is 7.55. The van der Waals surface area contributed by atoms with Gasteiger partial charge in [0.15, 0.2) is 0 Å². The smallest absolute Gasteiger partial charge is 1.00 e. The molecule has 0 atom stereocenters. The Morgan fingerprint density at radius 3 is 1.90 bits per heavy atom. The zero-order chi connectivity index (χ0) is 6.78. The fourth-order valence-electron chi connectivity index (χ4n) is 0.0868. The summed E-state index contributed by atoms with van der Waals surface area (Å²) in [6.07, 6.45) is 0. The van der Waals surface area contributed by atoms with Crippen molar-refractivity contribution < 1.29 is 76.9 Å². The summed E-state index contributed by atoms with van der Waals surface area (Å²) in [7, 11) is -4.92. The maximum atomic E-state index is 9.47. The minimum Gasteiger partial charge on any atom is -1.00 e. The van der Waals surface area contributed by atoms with Gasteiger partial charge in [-0.1, -0.05) is 0 Å². The summed E-state index contributed by atoms with van der Waals surface area (Å²) >= 11 is 0. The van der Waals surface area contributed by atoms with Gasteiger partial charge in [-0.15, -0.1) is 10.1 Å². The molecule has 0 heterocycles. The van der Waals surface area contributed by atoms with Gasteiger partial charge in [-0.3, -0.25) is 0 Å². The molecule has 0 bridgehead atoms. The van der Waals surface area contributed by atoms with Crippen LogP contribution in [0.1, 0.15) is 1.43 Å². The second kappa shape index (κ2) is 6.64. The third kappa shape index (κ3) is 16.0. The Hall–Kier alpha value is 0.946. The predicted molar refractivity (Wildman–Crippen MR) is 26.3 cm³/mol. The molecule has 0 fully saturated rings. The van der Waals surface area contributed by atoms with Crippen molar-refractivity contribution in [1.29, 1.82) is 0 Å². The molecule has 0 aromatic carbocycles. The van der Waals surface area contributed by atoms with E-state index in [0.29, 0.717) is 0 Å². The molecule has 0 radical (unpaired) electrons. The summed E-state index contributed by atoms with van der Waals surface area (Å²) < 4.78 is 12.3. The van der Waals surface area contributed by atoms with E-state index in [4.69, 9.17) is 19.9 Å². The minimum absolute atomic E-state index is 0. The number of hydrogen-bond donors (Lipinski definition) is 3. The van der Waals surface area contributed by atoms with E-state index >= 15 is 0 Å². The van der Waals surface area contributed by atoms with E-state index in [-0.39, 0.29) is 59.0 Å². The Balaban J connectivity index is -0.0000000817. The molecule has 8 nitrogen and oxygen atoms in total. The van der Waals surface area contributed by atoms with E-state index in [1.54, 1.807) is 0 Å². The second-order valence-corrected chi connectivity index (χ2v) is 1.94. The molecule has 0 spiro atoms. The van der Waals surface area contributed by atoms with Gasteiger partial charge in [0.05, 0.1) is 0 Å². The second-order valence-electron chi connectivity index (χ2n) is 0.796. The van der Waals surface area contributed by atoms with Crippen LogP contribution in [0, 0.1) is 10.1 Å². The summed E-state index contributed by atoms with van der Waals surface area (Å²) in [4.78, 5) is 24.4. The number of rotatable bonds is 2. The van der Waals surface area contributed by atoms with E-state index in [1.165, 1.54) is 0 Å². The van der Waals surface area contributed by atoms with Crippen molar-refractivity contribution >= 4 is 7.82 Å². The number of phosphoric acid groups is 1. The van der Waals surface area contributed by atoms with Crippen LogP contribution in [-0.4, -0.2) is 14.9 Å². The van der Waals surface area contributed by atoms with Crippen LogP contribution >= 0.6 is 7.82 Å². The van der Waals surface area contributed by atoms with Crippen molar-refractivity contribution in [2.75, 3.05) is 0 Å². The minimum atomic E-state index is -4.92.